The molecule has 0 heterocycles. The Kier molecular flexibility index (Phi) is 3.73. The summed E-state index contributed by atoms with van der Waals surface area (Å²) in [6.45, 7) is 4.08. The lowest BCUT2D eigenvalue weighted by Gasteiger charge is -2.19. The molecule has 0 atom stereocenters. The molecule has 0 saturated heterocycles. The maximum absolute atomic E-state index is 13.5. The molecule has 0 aliphatic carbocycles. The van der Waals surface area contributed by atoms with Crippen LogP contribution in [0.1, 0.15) is 19.4 Å². The Labute approximate surface area is 94.6 Å². The molecule has 80 valence electrons. The molecule has 1 aromatic rings. The topological polar surface area (TPSA) is 12.0 Å². The van der Waals surface area contributed by atoms with Crippen LogP contribution in [-0.2, 0) is 6.54 Å². The van der Waals surface area contributed by atoms with Crippen molar-refractivity contribution in [1.82, 2.24) is 5.32 Å². The smallest absolute Gasteiger partial charge is 0.146 e. The number of benzene rings is 1. The van der Waals surface area contributed by atoms with E-state index in [1.54, 1.807) is 12.1 Å². The van der Waals surface area contributed by atoms with E-state index in [-0.39, 0.29) is 10.8 Å². The van der Waals surface area contributed by atoms with E-state index in [9.17, 15) is 4.39 Å². The summed E-state index contributed by atoms with van der Waals surface area (Å²) in [6, 6.07) is 4.92. The molecule has 0 fully saturated rings. The summed E-state index contributed by atoms with van der Waals surface area (Å²) < 4.78 is 13.5. The van der Waals surface area contributed by atoms with Crippen LogP contribution in [0.3, 0.4) is 0 Å². The Hall–Kier alpha value is -1.04. The third kappa shape index (κ3) is 3.23. The van der Waals surface area contributed by atoms with Crippen LogP contribution in [0, 0.1) is 18.2 Å². The van der Waals surface area contributed by atoms with Crippen molar-refractivity contribution in [3.8, 4) is 12.3 Å². The van der Waals surface area contributed by atoms with Crippen molar-refractivity contribution < 1.29 is 4.39 Å². The summed E-state index contributed by atoms with van der Waals surface area (Å²) in [5.41, 5.74) is 0.0696. The number of terminal acetylenes is 1. The SMILES string of the molecule is C#CC(C)(C)NCc1cccc(Cl)c1F. The van der Waals surface area contributed by atoms with Crippen LogP contribution in [0.25, 0.3) is 0 Å². The number of nitrogens with one attached hydrogen (secondary N) is 1. The minimum atomic E-state index is -0.450. The molecule has 1 N–H and O–H groups in total. The summed E-state index contributed by atoms with van der Waals surface area (Å²) in [7, 11) is 0. The van der Waals surface area contributed by atoms with Crippen LogP contribution >= 0.6 is 11.6 Å². The van der Waals surface area contributed by atoms with Crippen molar-refractivity contribution in [3.05, 3.63) is 34.6 Å². The van der Waals surface area contributed by atoms with Gasteiger partial charge in [-0.05, 0) is 19.9 Å². The number of halogens is 2. The van der Waals surface area contributed by atoms with Crippen molar-refractivity contribution in [2.24, 2.45) is 0 Å². The van der Waals surface area contributed by atoms with Gasteiger partial charge in [-0.1, -0.05) is 29.7 Å². The quantitative estimate of drug-likeness (QED) is 0.780. The second-order valence-electron chi connectivity index (χ2n) is 3.84. The predicted molar refractivity (Wildman–Crippen MR) is 61.2 cm³/mol. The van der Waals surface area contributed by atoms with E-state index in [4.69, 9.17) is 18.0 Å². The van der Waals surface area contributed by atoms with Gasteiger partial charge in [0, 0.05) is 12.1 Å². The highest BCUT2D eigenvalue weighted by Crippen LogP contribution is 2.18. The van der Waals surface area contributed by atoms with Gasteiger partial charge in [-0.25, -0.2) is 4.39 Å². The van der Waals surface area contributed by atoms with Crippen LogP contribution in [0.4, 0.5) is 4.39 Å². The number of rotatable bonds is 3. The van der Waals surface area contributed by atoms with Gasteiger partial charge in [0.25, 0.3) is 0 Å². The van der Waals surface area contributed by atoms with Crippen LogP contribution < -0.4 is 5.32 Å². The standard InChI is InChI=1S/C12H13ClFN/c1-4-12(2,3)15-8-9-6-5-7-10(13)11(9)14/h1,5-7,15H,8H2,2-3H3. The van der Waals surface area contributed by atoms with Gasteiger partial charge in [0.2, 0.25) is 0 Å². The Balaban J connectivity index is 2.75. The first-order chi connectivity index (χ1) is 6.96. The van der Waals surface area contributed by atoms with Gasteiger partial charge in [-0.15, -0.1) is 6.42 Å². The van der Waals surface area contributed by atoms with Crippen molar-refractivity contribution in [2.75, 3.05) is 0 Å². The van der Waals surface area contributed by atoms with Crippen molar-refractivity contribution in [1.29, 1.82) is 0 Å². The zero-order valence-corrected chi connectivity index (χ0v) is 9.53. The zero-order valence-electron chi connectivity index (χ0n) is 8.77. The Morgan fingerprint density at radius 2 is 2.20 bits per heavy atom. The molecule has 3 heteroatoms. The van der Waals surface area contributed by atoms with E-state index in [0.29, 0.717) is 12.1 Å². The number of hydrogen-bond donors (Lipinski definition) is 1. The highest BCUT2D eigenvalue weighted by molar-refractivity contribution is 6.30. The molecule has 1 rings (SSSR count). The van der Waals surface area contributed by atoms with Gasteiger partial charge in [0.1, 0.15) is 5.82 Å². The molecule has 0 aliphatic heterocycles. The molecule has 0 radical (unpaired) electrons. The Morgan fingerprint density at radius 1 is 1.53 bits per heavy atom. The lowest BCUT2D eigenvalue weighted by molar-refractivity contribution is 0.480. The molecule has 0 bridgehead atoms. The Bertz CT molecular complexity index is 393. The largest absolute Gasteiger partial charge is 0.297 e. The second kappa shape index (κ2) is 4.65. The van der Waals surface area contributed by atoms with Crippen LogP contribution in [-0.4, -0.2) is 5.54 Å². The van der Waals surface area contributed by atoms with E-state index in [1.807, 2.05) is 13.8 Å². The molecule has 0 unspecified atom stereocenters. The minimum absolute atomic E-state index is 0.132. The molecular weight excluding hydrogens is 213 g/mol. The average Bonchev–Trinajstić information content (AvgIpc) is 2.20. The Morgan fingerprint density at radius 3 is 2.80 bits per heavy atom. The maximum Gasteiger partial charge on any atom is 0.146 e. The molecule has 0 aliphatic rings. The highest BCUT2D eigenvalue weighted by Gasteiger charge is 2.14. The lowest BCUT2D eigenvalue weighted by Crippen LogP contribution is -2.37. The number of hydrogen-bond acceptors (Lipinski definition) is 1. The third-order valence-corrected chi connectivity index (χ3v) is 2.41. The van der Waals surface area contributed by atoms with Gasteiger partial charge in [-0.2, -0.15) is 0 Å². The van der Waals surface area contributed by atoms with Crippen LogP contribution in [0.15, 0.2) is 18.2 Å². The van der Waals surface area contributed by atoms with Gasteiger partial charge >= 0.3 is 0 Å². The average molecular weight is 226 g/mol. The van der Waals surface area contributed by atoms with Crippen LogP contribution in [0.2, 0.25) is 5.02 Å². The first-order valence-corrected chi connectivity index (χ1v) is 5.00. The lowest BCUT2D eigenvalue weighted by atomic mass is 10.1. The highest BCUT2D eigenvalue weighted by atomic mass is 35.5. The van der Waals surface area contributed by atoms with E-state index in [2.05, 4.69) is 11.2 Å². The van der Waals surface area contributed by atoms with Crippen molar-refractivity contribution in [3.63, 3.8) is 0 Å². The predicted octanol–water partition coefficient (Wildman–Crippen LogP) is 2.98. The van der Waals surface area contributed by atoms with Gasteiger partial charge in [0.15, 0.2) is 0 Å². The summed E-state index contributed by atoms with van der Waals surface area (Å²) in [5.74, 6) is 2.19. The monoisotopic (exact) mass is 225 g/mol. The summed E-state index contributed by atoms with van der Waals surface area (Å²) >= 11 is 5.65. The molecule has 0 spiro atoms. The molecule has 0 amide bonds. The second-order valence-corrected chi connectivity index (χ2v) is 4.24. The fourth-order valence-electron chi connectivity index (χ4n) is 1.05. The molecule has 0 aromatic heterocycles. The first-order valence-electron chi connectivity index (χ1n) is 4.62. The molecule has 1 aromatic carbocycles. The normalized spacial score (nSPS) is 11.1. The van der Waals surface area contributed by atoms with Gasteiger partial charge in [-0.3, -0.25) is 5.32 Å². The third-order valence-electron chi connectivity index (χ3n) is 2.11. The summed E-state index contributed by atoms with van der Waals surface area (Å²) in [6.07, 6.45) is 5.31. The van der Waals surface area contributed by atoms with Crippen LogP contribution in [0.5, 0.6) is 0 Å². The van der Waals surface area contributed by atoms with E-state index in [0.717, 1.165) is 0 Å². The molecule has 1 nitrogen and oxygen atoms in total. The molecule has 15 heavy (non-hydrogen) atoms. The fourth-order valence-corrected chi connectivity index (χ4v) is 1.25. The summed E-state index contributed by atoms with van der Waals surface area (Å²) in [4.78, 5) is 0. The summed E-state index contributed by atoms with van der Waals surface area (Å²) in [5, 5.41) is 3.19. The van der Waals surface area contributed by atoms with E-state index < -0.39 is 5.54 Å². The van der Waals surface area contributed by atoms with Gasteiger partial charge < -0.3 is 0 Å². The van der Waals surface area contributed by atoms with E-state index in [1.165, 1.54) is 6.07 Å². The van der Waals surface area contributed by atoms with Gasteiger partial charge in [0.05, 0.1) is 10.6 Å². The zero-order chi connectivity index (χ0) is 11.5. The molecular formula is C12H13ClFN. The maximum atomic E-state index is 13.5. The first kappa shape index (κ1) is 12.0. The minimum Gasteiger partial charge on any atom is -0.297 e. The van der Waals surface area contributed by atoms with Crippen molar-refractivity contribution >= 4 is 11.6 Å². The molecule has 0 saturated carbocycles. The van der Waals surface area contributed by atoms with E-state index >= 15 is 0 Å². The fraction of sp³-hybridized carbons (Fsp3) is 0.333. The van der Waals surface area contributed by atoms with Crippen molar-refractivity contribution in [2.45, 2.75) is 25.9 Å².